The second-order valence-corrected chi connectivity index (χ2v) is 5.98. The molecular formula is C15H19ClN2O3. The zero-order chi connectivity index (χ0) is 14.8. The van der Waals surface area contributed by atoms with Gasteiger partial charge in [-0.05, 0) is 25.7 Å². The molecule has 1 aromatic rings. The lowest BCUT2D eigenvalue weighted by molar-refractivity contribution is -0.120. The lowest BCUT2D eigenvalue weighted by Crippen LogP contribution is -2.32. The molecule has 5 nitrogen and oxygen atoms in total. The van der Waals surface area contributed by atoms with Crippen molar-refractivity contribution in [3.05, 3.63) is 17.2 Å². The van der Waals surface area contributed by atoms with Crippen molar-refractivity contribution in [2.75, 3.05) is 18.5 Å². The van der Waals surface area contributed by atoms with Gasteiger partial charge in [-0.3, -0.25) is 4.79 Å². The van der Waals surface area contributed by atoms with E-state index in [1.165, 1.54) is 0 Å². The molecule has 2 aliphatic rings. The Hall–Kier alpha value is -1.46. The van der Waals surface area contributed by atoms with Crippen LogP contribution in [0.4, 0.5) is 5.69 Å². The zero-order valence-electron chi connectivity index (χ0n) is 11.7. The van der Waals surface area contributed by atoms with Crippen molar-refractivity contribution in [2.24, 2.45) is 11.7 Å². The fourth-order valence-corrected chi connectivity index (χ4v) is 2.98. The molecule has 0 radical (unpaired) electrons. The molecule has 1 amide bonds. The highest BCUT2D eigenvalue weighted by Gasteiger charge is 2.25. The highest BCUT2D eigenvalue weighted by Crippen LogP contribution is 2.38. The minimum atomic E-state index is 0.000442. The van der Waals surface area contributed by atoms with E-state index in [0.717, 1.165) is 25.7 Å². The number of nitrogens with two attached hydrogens (primary N) is 1. The normalized spacial score (nSPS) is 24.5. The van der Waals surface area contributed by atoms with Gasteiger partial charge < -0.3 is 20.5 Å². The standard InChI is InChI=1S/C15H19ClN2O3/c16-11-7-13-14(21-6-5-20-13)8-12(11)18-15(19)9-1-3-10(17)4-2-9/h7-10H,1-6,17H2,(H,18,19). The van der Waals surface area contributed by atoms with E-state index in [9.17, 15) is 4.79 Å². The van der Waals surface area contributed by atoms with Crippen molar-refractivity contribution >= 4 is 23.2 Å². The Labute approximate surface area is 128 Å². The van der Waals surface area contributed by atoms with E-state index in [-0.39, 0.29) is 17.9 Å². The Morgan fingerprint density at radius 2 is 1.76 bits per heavy atom. The van der Waals surface area contributed by atoms with Gasteiger partial charge in [-0.25, -0.2) is 0 Å². The minimum absolute atomic E-state index is 0.000442. The maximum atomic E-state index is 12.3. The Bertz CT molecular complexity index is 542. The van der Waals surface area contributed by atoms with E-state index in [4.69, 9.17) is 26.8 Å². The third kappa shape index (κ3) is 3.24. The van der Waals surface area contributed by atoms with Crippen molar-refractivity contribution in [3.8, 4) is 11.5 Å². The van der Waals surface area contributed by atoms with E-state index in [1.54, 1.807) is 12.1 Å². The molecule has 1 aromatic carbocycles. The fourth-order valence-electron chi connectivity index (χ4n) is 2.78. The molecular weight excluding hydrogens is 292 g/mol. The Morgan fingerprint density at radius 3 is 2.43 bits per heavy atom. The lowest BCUT2D eigenvalue weighted by Gasteiger charge is -2.25. The number of carbonyl (C=O) groups excluding carboxylic acids is 1. The molecule has 1 aliphatic heterocycles. The number of rotatable bonds is 2. The van der Waals surface area contributed by atoms with E-state index in [0.29, 0.717) is 35.4 Å². The predicted octanol–water partition coefficient (Wildman–Crippen LogP) is 2.57. The molecule has 1 heterocycles. The molecule has 114 valence electrons. The summed E-state index contributed by atoms with van der Waals surface area (Å²) in [6, 6.07) is 3.64. The molecule has 0 unspecified atom stereocenters. The van der Waals surface area contributed by atoms with Gasteiger partial charge in [-0.1, -0.05) is 11.6 Å². The maximum Gasteiger partial charge on any atom is 0.227 e. The monoisotopic (exact) mass is 310 g/mol. The second kappa shape index (κ2) is 6.12. The molecule has 0 bridgehead atoms. The number of fused-ring (bicyclic) bond motifs is 1. The van der Waals surface area contributed by atoms with E-state index < -0.39 is 0 Å². The van der Waals surface area contributed by atoms with Crippen molar-refractivity contribution in [1.29, 1.82) is 0 Å². The van der Waals surface area contributed by atoms with Gasteiger partial charge in [-0.15, -0.1) is 0 Å². The third-order valence-corrected chi connectivity index (χ3v) is 4.35. The summed E-state index contributed by atoms with van der Waals surface area (Å²) in [6.07, 6.45) is 3.45. The van der Waals surface area contributed by atoms with Crippen molar-refractivity contribution in [3.63, 3.8) is 0 Å². The molecule has 6 heteroatoms. The Morgan fingerprint density at radius 1 is 1.14 bits per heavy atom. The highest BCUT2D eigenvalue weighted by molar-refractivity contribution is 6.34. The van der Waals surface area contributed by atoms with Gasteiger partial charge >= 0.3 is 0 Å². The molecule has 1 saturated carbocycles. The van der Waals surface area contributed by atoms with Gasteiger partial charge in [0.15, 0.2) is 11.5 Å². The van der Waals surface area contributed by atoms with Crippen LogP contribution in [0.2, 0.25) is 5.02 Å². The van der Waals surface area contributed by atoms with Crippen LogP contribution in [0, 0.1) is 5.92 Å². The van der Waals surface area contributed by atoms with Crippen LogP contribution >= 0.6 is 11.6 Å². The number of anilines is 1. The van der Waals surface area contributed by atoms with Crippen LogP contribution in [-0.4, -0.2) is 25.2 Å². The van der Waals surface area contributed by atoms with Crippen LogP contribution in [0.1, 0.15) is 25.7 Å². The maximum absolute atomic E-state index is 12.3. The summed E-state index contributed by atoms with van der Waals surface area (Å²) in [6.45, 7) is 1.01. The van der Waals surface area contributed by atoms with Crippen molar-refractivity contribution in [2.45, 2.75) is 31.7 Å². The van der Waals surface area contributed by atoms with Gasteiger partial charge in [-0.2, -0.15) is 0 Å². The number of carbonyl (C=O) groups is 1. The van der Waals surface area contributed by atoms with Crippen LogP contribution in [0.5, 0.6) is 11.5 Å². The average molecular weight is 311 g/mol. The summed E-state index contributed by atoms with van der Waals surface area (Å²) in [5.74, 6) is 1.24. The first kappa shape index (κ1) is 14.5. The lowest BCUT2D eigenvalue weighted by atomic mass is 9.86. The first-order chi connectivity index (χ1) is 10.1. The number of hydrogen-bond donors (Lipinski definition) is 2. The van der Waals surface area contributed by atoms with Gasteiger partial charge in [0.25, 0.3) is 0 Å². The number of ether oxygens (including phenoxy) is 2. The number of hydrogen-bond acceptors (Lipinski definition) is 4. The van der Waals surface area contributed by atoms with Crippen LogP contribution in [0.3, 0.4) is 0 Å². The zero-order valence-corrected chi connectivity index (χ0v) is 12.5. The van der Waals surface area contributed by atoms with E-state index in [2.05, 4.69) is 5.32 Å². The van der Waals surface area contributed by atoms with Crippen molar-refractivity contribution in [1.82, 2.24) is 0 Å². The average Bonchev–Trinajstić information content (AvgIpc) is 2.48. The first-order valence-electron chi connectivity index (χ1n) is 7.29. The second-order valence-electron chi connectivity index (χ2n) is 5.58. The molecule has 0 spiro atoms. The molecule has 1 fully saturated rings. The van der Waals surface area contributed by atoms with Crippen LogP contribution < -0.4 is 20.5 Å². The number of amides is 1. The summed E-state index contributed by atoms with van der Waals surface area (Å²) in [5.41, 5.74) is 6.44. The Balaban J connectivity index is 1.71. The Kier molecular flexibility index (Phi) is 4.22. The van der Waals surface area contributed by atoms with Crippen molar-refractivity contribution < 1.29 is 14.3 Å². The number of halogens is 1. The summed E-state index contributed by atoms with van der Waals surface area (Å²) in [7, 11) is 0. The molecule has 3 N–H and O–H groups in total. The van der Waals surface area contributed by atoms with Gasteiger partial charge in [0.1, 0.15) is 13.2 Å². The number of nitrogens with one attached hydrogen (secondary N) is 1. The largest absolute Gasteiger partial charge is 0.486 e. The van der Waals surface area contributed by atoms with Crippen LogP contribution in [0.25, 0.3) is 0 Å². The summed E-state index contributed by atoms with van der Waals surface area (Å²) in [5, 5.41) is 3.36. The minimum Gasteiger partial charge on any atom is -0.486 e. The smallest absolute Gasteiger partial charge is 0.227 e. The molecule has 1 aliphatic carbocycles. The van der Waals surface area contributed by atoms with Gasteiger partial charge in [0.05, 0.1) is 10.7 Å². The molecule has 0 saturated heterocycles. The summed E-state index contributed by atoms with van der Waals surface area (Å²) < 4.78 is 11.0. The van der Waals surface area contributed by atoms with Gasteiger partial charge in [0, 0.05) is 24.1 Å². The summed E-state index contributed by atoms with van der Waals surface area (Å²) >= 11 is 6.20. The summed E-state index contributed by atoms with van der Waals surface area (Å²) in [4.78, 5) is 12.3. The number of benzene rings is 1. The van der Waals surface area contributed by atoms with Crippen LogP contribution in [0.15, 0.2) is 12.1 Å². The predicted molar refractivity (Wildman–Crippen MR) is 81.0 cm³/mol. The topological polar surface area (TPSA) is 73.6 Å². The third-order valence-electron chi connectivity index (χ3n) is 4.03. The van der Waals surface area contributed by atoms with E-state index >= 15 is 0 Å². The molecule has 3 rings (SSSR count). The molecule has 21 heavy (non-hydrogen) atoms. The first-order valence-corrected chi connectivity index (χ1v) is 7.67. The van der Waals surface area contributed by atoms with Crippen LogP contribution in [-0.2, 0) is 4.79 Å². The molecule has 0 aromatic heterocycles. The SMILES string of the molecule is NC1CCC(C(=O)Nc2cc3c(cc2Cl)OCCO3)CC1. The quantitative estimate of drug-likeness (QED) is 0.880. The van der Waals surface area contributed by atoms with E-state index in [1.807, 2.05) is 0 Å². The highest BCUT2D eigenvalue weighted by atomic mass is 35.5. The molecule has 0 atom stereocenters. The van der Waals surface area contributed by atoms with Gasteiger partial charge in [0.2, 0.25) is 5.91 Å². The fraction of sp³-hybridized carbons (Fsp3) is 0.533.